The molecule has 0 heterocycles. The zero-order chi connectivity index (χ0) is 7.84. The third-order valence-corrected chi connectivity index (χ3v) is 2.53. The summed E-state index contributed by atoms with van der Waals surface area (Å²) in [6.45, 7) is 2.24. The maximum Gasteiger partial charge on any atom is 0.0303 e. The molecule has 2 rings (SSSR count). The van der Waals surface area contributed by atoms with E-state index in [-0.39, 0.29) is 6.04 Å². The first-order chi connectivity index (χ1) is 5.29. The molecular formula is C10H13N. The summed E-state index contributed by atoms with van der Waals surface area (Å²) in [5.74, 6) is 0.654. The summed E-state index contributed by atoms with van der Waals surface area (Å²) in [6.07, 6.45) is 1.11. The van der Waals surface area contributed by atoms with Gasteiger partial charge in [0.2, 0.25) is 0 Å². The van der Waals surface area contributed by atoms with Crippen LogP contribution < -0.4 is 5.73 Å². The molecule has 1 heteroatoms. The van der Waals surface area contributed by atoms with Gasteiger partial charge < -0.3 is 5.73 Å². The Hall–Kier alpha value is -0.820. The Kier molecular flexibility index (Phi) is 1.46. The van der Waals surface area contributed by atoms with Gasteiger partial charge in [-0.15, -0.1) is 0 Å². The van der Waals surface area contributed by atoms with Gasteiger partial charge >= 0.3 is 0 Å². The van der Waals surface area contributed by atoms with Crippen LogP contribution in [0.2, 0.25) is 0 Å². The van der Waals surface area contributed by atoms with E-state index in [2.05, 4.69) is 31.2 Å². The fourth-order valence-electron chi connectivity index (χ4n) is 1.93. The predicted octanol–water partition coefficient (Wildman–Crippen LogP) is 2.19. The van der Waals surface area contributed by atoms with E-state index in [1.54, 1.807) is 0 Å². The molecule has 2 atom stereocenters. The molecule has 0 bridgehead atoms. The first-order valence-corrected chi connectivity index (χ1v) is 4.13. The van der Waals surface area contributed by atoms with Crippen molar-refractivity contribution in [2.24, 2.45) is 5.73 Å². The summed E-state index contributed by atoms with van der Waals surface area (Å²) in [4.78, 5) is 0. The van der Waals surface area contributed by atoms with E-state index in [4.69, 9.17) is 5.73 Å². The molecule has 58 valence electrons. The van der Waals surface area contributed by atoms with Gasteiger partial charge in [-0.1, -0.05) is 31.2 Å². The fraction of sp³-hybridized carbons (Fsp3) is 0.400. The monoisotopic (exact) mass is 147 g/mol. The van der Waals surface area contributed by atoms with Crippen molar-refractivity contribution < 1.29 is 0 Å². The lowest BCUT2D eigenvalue weighted by Gasteiger charge is -2.02. The maximum atomic E-state index is 5.94. The Morgan fingerprint density at radius 2 is 1.91 bits per heavy atom. The van der Waals surface area contributed by atoms with E-state index in [9.17, 15) is 0 Å². The van der Waals surface area contributed by atoms with Crippen LogP contribution in [0.25, 0.3) is 0 Å². The zero-order valence-electron chi connectivity index (χ0n) is 6.75. The van der Waals surface area contributed by atoms with E-state index in [0.717, 1.165) is 6.42 Å². The van der Waals surface area contributed by atoms with Gasteiger partial charge in [0.05, 0.1) is 0 Å². The minimum atomic E-state index is 0.279. The van der Waals surface area contributed by atoms with E-state index in [1.165, 1.54) is 11.1 Å². The third kappa shape index (κ3) is 0.962. The summed E-state index contributed by atoms with van der Waals surface area (Å²) in [5.41, 5.74) is 8.73. The first kappa shape index (κ1) is 6.86. The van der Waals surface area contributed by atoms with Crippen LogP contribution in [0, 0.1) is 0 Å². The number of fused-ring (bicyclic) bond motifs is 1. The van der Waals surface area contributed by atoms with Crippen LogP contribution in [0.1, 0.15) is 36.4 Å². The van der Waals surface area contributed by atoms with Gasteiger partial charge in [0, 0.05) is 6.04 Å². The molecule has 2 N–H and O–H groups in total. The van der Waals surface area contributed by atoms with Gasteiger partial charge in [-0.05, 0) is 23.5 Å². The minimum Gasteiger partial charge on any atom is -0.324 e. The lowest BCUT2D eigenvalue weighted by molar-refractivity contribution is 0.640. The van der Waals surface area contributed by atoms with Crippen molar-refractivity contribution in [2.45, 2.75) is 25.3 Å². The molecule has 0 amide bonds. The summed E-state index contributed by atoms with van der Waals surface area (Å²) in [5, 5.41) is 0. The molecular weight excluding hydrogens is 134 g/mol. The third-order valence-electron chi connectivity index (χ3n) is 2.53. The molecule has 11 heavy (non-hydrogen) atoms. The van der Waals surface area contributed by atoms with Gasteiger partial charge in [0.1, 0.15) is 0 Å². The van der Waals surface area contributed by atoms with Crippen LogP contribution in [0.15, 0.2) is 24.3 Å². The maximum absolute atomic E-state index is 5.94. The Bertz CT molecular complexity index is 240. The van der Waals surface area contributed by atoms with Crippen molar-refractivity contribution in [3.05, 3.63) is 35.4 Å². The summed E-state index contributed by atoms with van der Waals surface area (Å²) in [7, 11) is 0. The zero-order valence-corrected chi connectivity index (χ0v) is 6.75. The Morgan fingerprint density at radius 3 is 2.55 bits per heavy atom. The molecule has 0 unspecified atom stereocenters. The van der Waals surface area contributed by atoms with E-state index in [0.29, 0.717) is 5.92 Å². The molecule has 0 fully saturated rings. The van der Waals surface area contributed by atoms with Crippen molar-refractivity contribution in [2.75, 3.05) is 0 Å². The average molecular weight is 147 g/mol. The first-order valence-electron chi connectivity index (χ1n) is 4.13. The van der Waals surface area contributed by atoms with Crippen molar-refractivity contribution in [3.8, 4) is 0 Å². The summed E-state index contributed by atoms with van der Waals surface area (Å²) >= 11 is 0. The van der Waals surface area contributed by atoms with Crippen molar-refractivity contribution in [3.63, 3.8) is 0 Å². The molecule has 0 aromatic heterocycles. The SMILES string of the molecule is C[C@H]1C[C@H](N)c2ccccc21. The van der Waals surface area contributed by atoms with Crippen molar-refractivity contribution in [1.82, 2.24) is 0 Å². The van der Waals surface area contributed by atoms with Crippen LogP contribution in [0.4, 0.5) is 0 Å². The molecule has 1 aliphatic rings. The number of rotatable bonds is 0. The summed E-state index contributed by atoms with van der Waals surface area (Å²) < 4.78 is 0. The Morgan fingerprint density at radius 1 is 1.27 bits per heavy atom. The topological polar surface area (TPSA) is 26.0 Å². The number of hydrogen-bond acceptors (Lipinski definition) is 1. The van der Waals surface area contributed by atoms with Crippen LogP contribution in [-0.2, 0) is 0 Å². The standard InChI is InChI=1S/C10H13N/c1-7-6-10(11)9-5-3-2-4-8(7)9/h2-5,7,10H,6,11H2,1H3/t7-,10-/m0/s1. The molecule has 1 aliphatic carbocycles. The highest BCUT2D eigenvalue weighted by Gasteiger charge is 2.24. The van der Waals surface area contributed by atoms with Gasteiger partial charge in [-0.25, -0.2) is 0 Å². The van der Waals surface area contributed by atoms with Crippen LogP contribution in [0.3, 0.4) is 0 Å². The lowest BCUT2D eigenvalue weighted by atomic mass is 10.0. The molecule has 0 saturated carbocycles. The van der Waals surface area contributed by atoms with Gasteiger partial charge in [-0.2, -0.15) is 0 Å². The van der Waals surface area contributed by atoms with Gasteiger partial charge in [0.15, 0.2) is 0 Å². The number of hydrogen-bond donors (Lipinski definition) is 1. The van der Waals surface area contributed by atoms with Gasteiger partial charge in [-0.3, -0.25) is 0 Å². The molecule has 1 aromatic rings. The quantitative estimate of drug-likeness (QED) is 0.598. The van der Waals surface area contributed by atoms with Crippen molar-refractivity contribution in [1.29, 1.82) is 0 Å². The lowest BCUT2D eigenvalue weighted by Crippen LogP contribution is -2.04. The second-order valence-electron chi connectivity index (χ2n) is 3.37. The molecule has 0 aliphatic heterocycles. The molecule has 0 radical (unpaired) electrons. The second kappa shape index (κ2) is 2.35. The van der Waals surface area contributed by atoms with Gasteiger partial charge in [0.25, 0.3) is 0 Å². The highest BCUT2D eigenvalue weighted by Crippen LogP contribution is 2.37. The van der Waals surface area contributed by atoms with Crippen LogP contribution in [-0.4, -0.2) is 0 Å². The average Bonchev–Trinajstić information content (AvgIpc) is 2.30. The summed E-state index contributed by atoms with van der Waals surface area (Å²) in [6, 6.07) is 8.77. The highest BCUT2D eigenvalue weighted by atomic mass is 14.7. The number of nitrogens with two attached hydrogens (primary N) is 1. The molecule has 1 aromatic carbocycles. The van der Waals surface area contributed by atoms with E-state index >= 15 is 0 Å². The molecule has 1 nitrogen and oxygen atoms in total. The van der Waals surface area contributed by atoms with E-state index in [1.807, 2.05) is 0 Å². The van der Waals surface area contributed by atoms with Crippen LogP contribution in [0.5, 0.6) is 0 Å². The van der Waals surface area contributed by atoms with Crippen LogP contribution >= 0.6 is 0 Å². The molecule has 0 spiro atoms. The Labute approximate surface area is 67.2 Å². The normalized spacial score (nSPS) is 28.5. The second-order valence-corrected chi connectivity index (χ2v) is 3.37. The largest absolute Gasteiger partial charge is 0.324 e. The smallest absolute Gasteiger partial charge is 0.0303 e. The minimum absolute atomic E-state index is 0.279. The van der Waals surface area contributed by atoms with E-state index < -0.39 is 0 Å². The predicted molar refractivity (Wildman–Crippen MR) is 46.4 cm³/mol. The highest BCUT2D eigenvalue weighted by molar-refractivity contribution is 5.37. The Balaban J connectivity index is 2.52. The fourth-order valence-corrected chi connectivity index (χ4v) is 1.93. The molecule has 0 saturated heterocycles. The number of benzene rings is 1. The van der Waals surface area contributed by atoms with Crippen molar-refractivity contribution >= 4 is 0 Å².